The fraction of sp³-hybridized carbons (Fsp3) is 0.417. The van der Waals surface area contributed by atoms with E-state index in [4.69, 9.17) is 0 Å². The molecule has 11 heteroatoms. The third kappa shape index (κ3) is 8.06. The topological polar surface area (TPSA) is 130 Å². The Hall–Kier alpha value is -3.47. The number of hydrogen-bond acceptors (Lipinski definition) is 6. The van der Waals surface area contributed by atoms with E-state index in [9.17, 15) is 28.1 Å². The molecule has 1 N–H and O–H groups in total. The number of nitro groups is 1. The molecule has 0 spiro atoms. The van der Waals surface area contributed by atoms with Crippen molar-refractivity contribution in [2.45, 2.75) is 39.8 Å². The molecule has 0 radical (unpaired) electrons. The molecular weight excluding hydrogens is 472 g/mol. The van der Waals surface area contributed by atoms with Gasteiger partial charge in [0, 0.05) is 25.2 Å². The summed E-state index contributed by atoms with van der Waals surface area (Å²) < 4.78 is 26.0. The summed E-state index contributed by atoms with van der Waals surface area (Å²) in [5, 5.41) is 14.0. The number of benzene rings is 2. The maximum Gasteiger partial charge on any atom is 0.271 e. The second-order valence-corrected chi connectivity index (χ2v) is 10.5. The van der Waals surface area contributed by atoms with Crippen LogP contribution in [0.4, 0.5) is 11.4 Å². The largest absolute Gasteiger partial charge is 0.354 e. The van der Waals surface area contributed by atoms with E-state index in [1.165, 1.54) is 23.1 Å². The second kappa shape index (κ2) is 12.3. The maximum absolute atomic E-state index is 13.5. The lowest BCUT2D eigenvalue weighted by atomic mass is 10.1. The Morgan fingerprint density at radius 1 is 1.09 bits per heavy atom. The molecule has 0 unspecified atom stereocenters. The summed E-state index contributed by atoms with van der Waals surface area (Å²) in [6.07, 6.45) is 1.24. The highest BCUT2D eigenvalue weighted by Crippen LogP contribution is 2.24. The maximum atomic E-state index is 13.5. The number of rotatable bonds is 12. The number of sulfonamides is 1. The number of anilines is 1. The van der Waals surface area contributed by atoms with Crippen molar-refractivity contribution in [3.63, 3.8) is 0 Å². The monoisotopic (exact) mass is 504 g/mol. The minimum atomic E-state index is -3.97. The zero-order valence-electron chi connectivity index (χ0n) is 20.4. The van der Waals surface area contributed by atoms with Crippen LogP contribution in [0.3, 0.4) is 0 Å². The number of nitro benzene ring substituents is 1. The number of amides is 2. The van der Waals surface area contributed by atoms with Crippen LogP contribution in [-0.4, -0.2) is 55.4 Å². The summed E-state index contributed by atoms with van der Waals surface area (Å²) in [5.41, 5.74) is 0.466. The minimum absolute atomic E-state index is 0.00739. The van der Waals surface area contributed by atoms with Gasteiger partial charge in [-0.1, -0.05) is 57.2 Å². The van der Waals surface area contributed by atoms with Crippen molar-refractivity contribution in [2.75, 3.05) is 23.7 Å². The number of nitrogens with one attached hydrogen (secondary N) is 1. The van der Waals surface area contributed by atoms with Gasteiger partial charge in [0.15, 0.2) is 0 Å². The molecule has 0 aliphatic carbocycles. The molecule has 1 atom stereocenters. The first-order valence-corrected chi connectivity index (χ1v) is 13.1. The van der Waals surface area contributed by atoms with Crippen molar-refractivity contribution in [3.05, 3.63) is 70.3 Å². The first-order valence-electron chi connectivity index (χ1n) is 11.3. The SMILES string of the molecule is CC[C@H](C(=O)NCC(C)C)N(Cc1ccccc1)C(=O)CN(c1cccc([N+](=O)[O-])c1)S(C)(=O)=O. The van der Waals surface area contributed by atoms with Gasteiger partial charge >= 0.3 is 0 Å². The summed E-state index contributed by atoms with van der Waals surface area (Å²) in [7, 11) is -3.97. The van der Waals surface area contributed by atoms with Gasteiger partial charge in [-0.3, -0.25) is 24.0 Å². The van der Waals surface area contributed by atoms with Crippen LogP contribution in [0.15, 0.2) is 54.6 Å². The van der Waals surface area contributed by atoms with Gasteiger partial charge in [-0.25, -0.2) is 8.42 Å². The fourth-order valence-electron chi connectivity index (χ4n) is 3.50. The number of carbonyl (C=O) groups is 2. The lowest BCUT2D eigenvalue weighted by molar-refractivity contribution is -0.384. The molecular formula is C24H32N4O6S. The summed E-state index contributed by atoms with van der Waals surface area (Å²) in [4.78, 5) is 38.4. The first-order chi connectivity index (χ1) is 16.4. The summed E-state index contributed by atoms with van der Waals surface area (Å²) >= 11 is 0. The molecule has 0 aliphatic heterocycles. The number of non-ortho nitro benzene ring substituents is 1. The average molecular weight is 505 g/mol. The van der Waals surface area contributed by atoms with Crippen LogP contribution in [0.25, 0.3) is 0 Å². The van der Waals surface area contributed by atoms with E-state index in [-0.39, 0.29) is 29.7 Å². The highest BCUT2D eigenvalue weighted by molar-refractivity contribution is 7.92. The smallest absolute Gasteiger partial charge is 0.271 e. The zero-order valence-corrected chi connectivity index (χ0v) is 21.2. The average Bonchev–Trinajstić information content (AvgIpc) is 2.80. The molecule has 2 aromatic rings. The van der Waals surface area contributed by atoms with Crippen LogP contribution in [0, 0.1) is 16.0 Å². The zero-order chi connectivity index (χ0) is 26.2. The van der Waals surface area contributed by atoms with Crippen LogP contribution in [0.1, 0.15) is 32.8 Å². The lowest BCUT2D eigenvalue weighted by Gasteiger charge is -2.33. The van der Waals surface area contributed by atoms with E-state index in [1.54, 1.807) is 6.92 Å². The molecule has 0 aliphatic rings. The normalized spacial score (nSPS) is 12.1. The van der Waals surface area contributed by atoms with E-state index in [0.29, 0.717) is 13.0 Å². The molecule has 0 saturated carbocycles. The van der Waals surface area contributed by atoms with Gasteiger partial charge < -0.3 is 10.2 Å². The van der Waals surface area contributed by atoms with Crippen molar-refractivity contribution in [1.29, 1.82) is 0 Å². The summed E-state index contributed by atoms with van der Waals surface area (Å²) in [6.45, 7) is 5.61. The van der Waals surface area contributed by atoms with Gasteiger partial charge in [-0.15, -0.1) is 0 Å². The molecule has 0 fully saturated rings. The Balaban J connectivity index is 2.43. The van der Waals surface area contributed by atoms with Crippen LogP contribution < -0.4 is 9.62 Å². The van der Waals surface area contributed by atoms with Crippen LogP contribution in [0.2, 0.25) is 0 Å². The third-order valence-corrected chi connectivity index (χ3v) is 6.41. The molecule has 0 bridgehead atoms. The third-order valence-electron chi connectivity index (χ3n) is 5.27. The molecule has 0 aromatic heterocycles. The minimum Gasteiger partial charge on any atom is -0.354 e. The Labute approximate surface area is 206 Å². The van der Waals surface area contributed by atoms with Gasteiger partial charge in [0.05, 0.1) is 16.9 Å². The Morgan fingerprint density at radius 2 is 1.74 bits per heavy atom. The molecule has 2 amide bonds. The number of carbonyl (C=O) groups excluding carboxylic acids is 2. The second-order valence-electron chi connectivity index (χ2n) is 8.62. The van der Waals surface area contributed by atoms with Gasteiger partial charge in [-0.05, 0) is 24.0 Å². The van der Waals surface area contributed by atoms with Gasteiger partial charge in [0.1, 0.15) is 12.6 Å². The van der Waals surface area contributed by atoms with Crippen molar-refractivity contribution in [3.8, 4) is 0 Å². The van der Waals surface area contributed by atoms with Gasteiger partial charge in [0.2, 0.25) is 21.8 Å². The molecule has 190 valence electrons. The Morgan fingerprint density at radius 3 is 2.29 bits per heavy atom. The van der Waals surface area contributed by atoms with Crippen molar-refractivity contribution in [1.82, 2.24) is 10.2 Å². The van der Waals surface area contributed by atoms with Crippen molar-refractivity contribution >= 4 is 33.2 Å². The highest BCUT2D eigenvalue weighted by atomic mass is 32.2. The predicted molar refractivity (Wildman–Crippen MR) is 134 cm³/mol. The van der Waals surface area contributed by atoms with Crippen molar-refractivity contribution in [2.24, 2.45) is 5.92 Å². The number of hydrogen-bond donors (Lipinski definition) is 1. The summed E-state index contributed by atoms with van der Waals surface area (Å²) in [5.74, 6) is -0.714. The molecule has 2 rings (SSSR count). The fourth-order valence-corrected chi connectivity index (χ4v) is 4.34. The number of nitrogens with zero attached hydrogens (tertiary/aromatic N) is 3. The van der Waals surface area contributed by atoms with Crippen LogP contribution in [0.5, 0.6) is 0 Å². The molecule has 2 aromatic carbocycles. The van der Waals surface area contributed by atoms with Crippen LogP contribution in [-0.2, 0) is 26.2 Å². The first kappa shape index (κ1) is 27.8. The highest BCUT2D eigenvalue weighted by Gasteiger charge is 2.32. The predicted octanol–water partition coefficient (Wildman–Crippen LogP) is 2.94. The van der Waals surface area contributed by atoms with Gasteiger partial charge in [-0.2, -0.15) is 0 Å². The quantitative estimate of drug-likeness (QED) is 0.349. The molecule has 0 saturated heterocycles. The summed E-state index contributed by atoms with van der Waals surface area (Å²) in [6, 6.07) is 13.3. The Kier molecular flexibility index (Phi) is 9.76. The van der Waals surface area contributed by atoms with E-state index in [0.717, 1.165) is 22.2 Å². The van der Waals surface area contributed by atoms with E-state index < -0.39 is 33.4 Å². The van der Waals surface area contributed by atoms with Crippen LogP contribution >= 0.6 is 0 Å². The van der Waals surface area contributed by atoms with Crippen molar-refractivity contribution < 1.29 is 22.9 Å². The lowest BCUT2D eigenvalue weighted by Crippen LogP contribution is -2.52. The van der Waals surface area contributed by atoms with E-state index >= 15 is 0 Å². The standard InChI is InChI=1S/C24H32N4O6S/c1-5-22(24(30)25-15-18(2)3)26(16-19-10-7-6-8-11-19)23(29)17-27(35(4,33)34)20-12-9-13-21(14-20)28(31)32/h6-14,18,22H,5,15-17H2,1-4H3,(H,25,30)/t22-/m1/s1. The van der Waals surface area contributed by atoms with Gasteiger partial charge in [0.25, 0.3) is 5.69 Å². The van der Waals surface area contributed by atoms with E-state index in [1.807, 2.05) is 44.2 Å². The molecule has 0 heterocycles. The Bertz CT molecular complexity index is 1140. The van der Waals surface area contributed by atoms with E-state index in [2.05, 4.69) is 5.32 Å². The molecule has 10 nitrogen and oxygen atoms in total. The molecule has 35 heavy (non-hydrogen) atoms.